The van der Waals surface area contributed by atoms with E-state index in [-0.39, 0.29) is 11.4 Å². The van der Waals surface area contributed by atoms with Gasteiger partial charge in [-0.25, -0.2) is 4.39 Å². The van der Waals surface area contributed by atoms with Gasteiger partial charge in [0, 0.05) is 5.54 Å². The third-order valence-electron chi connectivity index (χ3n) is 2.55. The fourth-order valence-electron chi connectivity index (χ4n) is 1.20. The van der Waals surface area contributed by atoms with Crippen LogP contribution in [0.15, 0.2) is 18.2 Å². The fourth-order valence-corrected chi connectivity index (χ4v) is 1.20. The Kier molecular flexibility index (Phi) is 2.71. The van der Waals surface area contributed by atoms with Gasteiger partial charge in [-0.15, -0.1) is 0 Å². The van der Waals surface area contributed by atoms with Crippen molar-refractivity contribution in [1.82, 2.24) is 0 Å². The summed E-state index contributed by atoms with van der Waals surface area (Å²) in [4.78, 5) is 0. The number of rotatable bonds is 2. The van der Waals surface area contributed by atoms with E-state index in [1.54, 1.807) is 13.0 Å². The number of halogens is 1. The predicted molar refractivity (Wildman–Crippen MR) is 53.0 cm³/mol. The van der Waals surface area contributed by atoms with E-state index in [9.17, 15) is 4.39 Å². The molecule has 13 heavy (non-hydrogen) atoms. The quantitative estimate of drug-likeness (QED) is 0.745. The van der Waals surface area contributed by atoms with E-state index in [4.69, 9.17) is 5.73 Å². The maximum atomic E-state index is 13.0. The van der Waals surface area contributed by atoms with Crippen LogP contribution in [0.2, 0.25) is 0 Å². The summed E-state index contributed by atoms with van der Waals surface area (Å²) in [6.45, 7) is 5.74. The van der Waals surface area contributed by atoms with Gasteiger partial charge in [0.05, 0.1) is 0 Å². The summed E-state index contributed by atoms with van der Waals surface area (Å²) in [6, 6.07) is 5.05. The predicted octanol–water partition coefficient (Wildman–Crippen LogP) is 2.72. The summed E-state index contributed by atoms with van der Waals surface area (Å²) in [5.74, 6) is -0.171. The summed E-state index contributed by atoms with van der Waals surface area (Å²) >= 11 is 0. The largest absolute Gasteiger partial charge is 0.322 e. The van der Waals surface area contributed by atoms with Crippen molar-refractivity contribution < 1.29 is 4.39 Å². The third kappa shape index (κ3) is 2.07. The molecule has 1 nitrogen and oxygen atoms in total. The van der Waals surface area contributed by atoms with E-state index in [0.29, 0.717) is 5.56 Å². The van der Waals surface area contributed by atoms with E-state index in [2.05, 4.69) is 0 Å². The minimum absolute atomic E-state index is 0.171. The van der Waals surface area contributed by atoms with Gasteiger partial charge in [-0.1, -0.05) is 19.1 Å². The lowest BCUT2D eigenvalue weighted by molar-refractivity contribution is 0.474. The number of hydrogen-bond acceptors (Lipinski definition) is 1. The average Bonchev–Trinajstić information content (AvgIpc) is 2.09. The lowest BCUT2D eigenvalue weighted by Crippen LogP contribution is -2.32. The molecule has 0 aliphatic heterocycles. The Morgan fingerprint density at radius 2 is 2.08 bits per heavy atom. The first-order valence-electron chi connectivity index (χ1n) is 4.53. The van der Waals surface area contributed by atoms with Gasteiger partial charge in [0.25, 0.3) is 0 Å². The van der Waals surface area contributed by atoms with Crippen LogP contribution in [0, 0.1) is 12.7 Å². The lowest BCUT2D eigenvalue weighted by atomic mass is 9.89. The Morgan fingerprint density at radius 3 is 2.54 bits per heavy atom. The van der Waals surface area contributed by atoms with Crippen molar-refractivity contribution in [3.05, 3.63) is 35.1 Å². The maximum Gasteiger partial charge on any atom is 0.126 e. The standard InChI is InChI=1S/C11H16FN/c1-4-11(3,13)9-5-6-10(12)8(2)7-9/h5-7H,4,13H2,1-3H3. The van der Waals surface area contributed by atoms with E-state index in [0.717, 1.165) is 12.0 Å². The molecule has 0 aliphatic rings. The zero-order valence-corrected chi connectivity index (χ0v) is 8.39. The van der Waals surface area contributed by atoms with Crippen LogP contribution in [0.5, 0.6) is 0 Å². The van der Waals surface area contributed by atoms with Gasteiger partial charge >= 0.3 is 0 Å². The molecule has 0 amide bonds. The summed E-state index contributed by atoms with van der Waals surface area (Å²) in [5.41, 5.74) is 7.33. The highest BCUT2D eigenvalue weighted by Gasteiger charge is 2.18. The average molecular weight is 181 g/mol. The molecule has 0 aliphatic carbocycles. The molecule has 2 heteroatoms. The smallest absolute Gasteiger partial charge is 0.126 e. The molecule has 1 atom stereocenters. The van der Waals surface area contributed by atoms with Crippen LogP contribution in [0.25, 0.3) is 0 Å². The minimum atomic E-state index is -0.349. The van der Waals surface area contributed by atoms with E-state index < -0.39 is 0 Å². The molecule has 0 bridgehead atoms. The highest BCUT2D eigenvalue weighted by atomic mass is 19.1. The first-order chi connectivity index (χ1) is 5.97. The van der Waals surface area contributed by atoms with Gasteiger partial charge in [0.2, 0.25) is 0 Å². The maximum absolute atomic E-state index is 13.0. The van der Waals surface area contributed by atoms with Crippen LogP contribution in [0.4, 0.5) is 4.39 Å². The van der Waals surface area contributed by atoms with Crippen molar-refractivity contribution in [3.63, 3.8) is 0 Å². The Morgan fingerprint density at radius 1 is 1.46 bits per heavy atom. The Bertz CT molecular complexity index is 305. The van der Waals surface area contributed by atoms with Crippen LogP contribution < -0.4 is 5.73 Å². The Labute approximate surface area is 78.8 Å². The second kappa shape index (κ2) is 3.46. The Balaban J connectivity index is 3.10. The molecule has 1 aromatic carbocycles. The highest BCUT2D eigenvalue weighted by Crippen LogP contribution is 2.22. The summed E-state index contributed by atoms with van der Waals surface area (Å²) in [7, 11) is 0. The second-order valence-corrected chi connectivity index (χ2v) is 3.73. The molecule has 1 rings (SSSR count). The molecule has 0 heterocycles. The highest BCUT2D eigenvalue weighted by molar-refractivity contribution is 5.29. The van der Waals surface area contributed by atoms with Crippen molar-refractivity contribution in [2.75, 3.05) is 0 Å². The molecule has 1 aromatic rings. The molecule has 0 saturated carbocycles. The number of hydrogen-bond donors (Lipinski definition) is 1. The zero-order chi connectivity index (χ0) is 10.1. The number of aryl methyl sites for hydroxylation is 1. The molecule has 2 N–H and O–H groups in total. The van der Waals surface area contributed by atoms with Crippen LogP contribution in [0.3, 0.4) is 0 Å². The number of nitrogens with two attached hydrogens (primary N) is 1. The second-order valence-electron chi connectivity index (χ2n) is 3.73. The monoisotopic (exact) mass is 181 g/mol. The molecule has 0 saturated heterocycles. The number of benzene rings is 1. The first kappa shape index (κ1) is 10.2. The van der Waals surface area contributed by atoms with Crippen molar-refractivity contribution in [2.24, 2.45) is 5.73 Å². The first-order valence-corrected chi connectivity index (χ1v) is 4.53. The molecule has 0 aromatic heterocycles. The van der Waals surface area contributed by atoms with E-state index >= 15 is 0 Å². The zero-order valence-electron chi connectivity index (χ0n) is 8.39. The summed E-state index contributed by atoms with van der Waals surface area (Å²) in [5, 5.41) is 0. The summed E-state index contributed by atoms with van der Waals surface area (Å²) in [6.07, 6.45) is 0.845. The third-order valence-corrected chi connectivity index (χ3v) is 2.55. The van der Waals surface area contributed by atoms with Crippen molar-refractivity contribution in [1.29, 1.82) is 0 Å². The van der Waals surface area contributed by atoms with Gasteiger partial charge < -0.3 is 5.73 Å². The molecule has 72 valence electrons. The van der Waals surface area contributed by atoms with E-state index in [1.807, 2.05) is 19.9 Å². The van der Waals surface area contributed by atoms with Crippen LogP contribution >= 0.6 is 0 Å². The van der Waals surface area contributed by atoms with Crippen molar-refractivity contribution in [2.45, 2.75) is 32.7 Å². The van der Waals surface area contributed by atoms with Crippen molar-refractivity contribution in [3.8, 4) is 0 Å². The Hall–Kier alpha value is -0.890. The summed E-state index contributed by atoms with van der Waals surface area (Å²) < 4.78 is 13.0. The minimum Gasteiger partial charge on any atom is -0.322 e. The fraction of sp³-hybridized carbons (Fsp3) is 0.455. The van der Waals surface area contributed by atoms with Gasteiger partial charge in [-0.3, -0.25) is 0 Å². The van der Waals surface area contributed by atoms with Crippen LogP contribution in [-0.2, 0) is 5.54 Å². The van der Waals surface area contributed by atoms with Gasteiger partial charge in [0.15, 0.2) is 0 Å². The molecule has 0 fully saturated rings. The lowest BCUT2D eigenvalue weighted by Gasteiger charge is -2.23. The van der Waals surface area contributed by atoms with Crippen molar-refractivity contribution >= 4 is 0 Å². The molecule has 0 spiro atoms. The van der Waals surface area contributed by atoms with E-state index in [1.165, 1.54) is 6.07 Å². The van der Waals surface area contributed by atoms with Gasteiger partial charge in [-0.05, 0) is 37.5 Å². The molecule has 0 radical (unpaired) electrons. The van der Waals surface area contributed by atoms with Gasteiger partial charge in [-0.2, -0.15) is 0 Å². The SMILES string of the molecule is CCC(C)(N)c1ccc(F)c(C)c1. The molecular formula is C11H16FN. The molecule has 1 unspecified atom stereocenters. The van der Waals surface area contributed by atoms with Gasteiger partial charge in [0.1, 0.15) is 5.82 Å². The normalized spacial score (nSPS) is 15.5. The topological polar surface area (TPSA) is 26.0 Å². The molecular weight excluding hydrogens is 165 g/mol. The van der Waals surface area contributed by atoms with Crippen LogP contribution in [-0.4, -0.2) is 0 Å². The van der Waals surface area contributed by atoms with Crippen LogP contribution in [0.1, 0.15) is 31.4 Å².